The molecule has 0 spiro atoms. The minimum absolute atomic E-state index is 0.262. The third kappa shape index (κ3) is 1.66. The molecule has 2 aromatic rings. The molecule has 3 N–H and O–H groups in total. The van der Waals surface area contributed by atoms with Crippen LogP contribution in [0.5, 0.6) is 0 Å². The molecule has 0 radical (unpaired) electrons. The van der Waals surface area contributed by atoms with Crippen molar-refractivity contribution in [3.05, 3.63) is 30.2 Å². The first kappa shape index (κ1) is 9.60. The average molecular weight is 205 g/mol. The molecule has 0 aliphatic carbocycles. The summed E-state index contributed by atoms with van der Waals surface area (Å²) in [6.45, 7) is 1.74. The van der Waals surface area contributed by atoms with Gasteiger partial charge >= 0.3 is 0 Å². The second-order valence-corrected chi connectivity index (χ2v) is 3.22. The van der Waals surface area contributed by atoms with Crippen LogP contribution in [-0.4, -0.2) is 20.5 Å². The highest BCUT2D eigenvalue weighted by Gasteiger charge is 2.15. The minimum atomic E-state index is -0.373. The monoisotopic (exact) mass is 205 g/mol. The van der Waals surface area contributed by atoms with E-state index >= 15 is 0 Å². The molecule has 6 nitrogen and oxygen atoms in total. The summed E-state index contributed by atoms with van der Waals surface area (Å²) in [6, 6.07) is 3.57. The number of amides is 1. The predicted octanol–water partition coefficient (Wildman–Crippen LogP) is -0.177. The average Bonchev–Trinajstić information content (AvgIpc) is 2.73. The van der Waals surface area contributed by atoms with Crippen LogP contribution < -0.4 is 11.3 Å². The van der Waals surface area contributed by atoms with E-state index in [-0.39, 0.29) is 11.8 Å². The van der Waals surface area contributed by atoms with Crippen molar-refractivity contribution in [2.75, 3.05) is 0 Å². The molecule has 2 rings (SSSR count). The van der Waals surface area contributed by atoms with Gasteiger partial charge in [-0.3, -0.25) is 10.2 Å². The van der Waals surface area contributed by atoms with Crippen molar-refractivity contribution in [3.63, 3.8) is 0 Å². The molecule has 1 amide bonds. The first-order valence-corrected chi connectivity index (χ1v) is 4.53. The lowest BCUT2D eigenvalue weighted by atomic mass is 10.1. The van der Waals surface area contributed by atoms with E-state index < -0.39 is 0 Å². The normalized spacial score (nSPS) is 12.7. The molecule has 2 heterocycles. The molecule has 0 bridgehead atoms. The Morgan fingerprint density at radius 3 is 3.13 bits per heavy atom. The third-order valence-corrected chi connectivity index (χ3v) is 2.25. The van der Waals surface area contributed by atoms with Crippen LogP contribution in [0.3, 0.4) is 0 Å². The van der Waals surface area contributed by atoms with Gasteiger partial charge in [0.25, 0.3) is 0 Å². The summed E-state index contributed by atoms with van der Waals surface area (Å²) in [7, 11) is 0. The fourth-order valence-electron chi connectivity index (χ4n) is 1.32. The number of rotatable bonds is 2. The largest absolute Gasteiger partial charge is 0.294 e. The molecule has 1 unspecified atom stereocenters. The molecule has 0 saturated carbocycles. The van der Waals surface area contributed by atoms with Crippen LogP contribution in [0.1, 0.15) is 18.5 Å². The van der Waals surface area contributed by atoms with Gasteiger partial charge in [0.2, 0.25) is 5.91 Å². The van der Waals surface area contributed by atoms with E-state index in [0.29, 0.717) is 5.69 Å². The Morgan fingerprint density at radius 1 is 1.60 bits per heavy atom. The molecule has 0 fully saturated rings. The Balaban J connectivity index is 2.39. The number of fused-ring (bicyclic) bond motifs is 1. The highest BCUT2D eigenvalue weighted by Crippen LogP contribution is 2.12. The van der Waals surface area contributed by atoms with Crippen molar-refractivity contribution in [2.45, 2.75) is 12.8 Å². The molecule has 15 heavy (non-hydrogen) atoms. The van der Waals surface area contributed by atoms with Crippen molar-refractivity contribution >= 4 is 11.6 Å². The van der Waals surface area contributed by atoms with Gasteiger partial charge in [-0.25, -0.2) is 15.3 Å². The number of hydrogen-bond donors (Lipinski definition) is 2. The van der Waals surface area contributed by atoms with Crippen molar-refractivity contribution in [2.24, 2.45) is 5.84 Å². The number of nitrogens with two attached hydrogens (primary N) is 1. The smallest absolute Gasteiger partial charge is 0.242 e. The summed E-state index contributed by atoms with van der Waals surface area (Å²) in [4.78, 5) is 15.3. The Hall–Kier alpha value is -1.95. The number of hydrazine groups is 1. The Labute approximate surface area is 86.1 Å². The van der Waals surface area contributed by atoms with Crippen LogP contribution in [0, 0.1) is 0 Å². The van der Waals surface area contributed by atoms with Gasteiger partial charge in [-0.2, -0.15) is 5.10 Å². The maximum absolute atomic E-state index is 11.3. The van der Waals surface area contributed by atoms with Crippen LogP contribution in [-0.2, 0) is 4.79 Å². The highest BCUT2D eigenvalue weighted by molar-refractivity contribution is 5.82. The molecule has 6 heteroatoms. The Bertz CT molecular complexity index is 492. The van der Waals surface area contributed by atoms with Gasteiger partial charge in [-0.1, -0.05) is 0 Å². The van der Waals surface area contributed by atoms with E-state index in [1.54, 1.807) is 29.9 Å². The van der Waals surface area contributed by atoms with Crippen LogP contribution in [0.2, 0.25) is 0 Å². The number of hydrogen-bond acceptors (Lipinski definition) is 4. The number of imidazole rings is 1. The van der Waals surface area contributed by atoms with Gasteiger partial charge in [0, 0.05) is 12.4 Å². The molecule has 0 saturated heterocycles. The summed E-state index contributed by atoms with van der Waals surface area (Å²) in [5.74, 6) is 4.42. The second kappa shape index (κ2) is 3.66. The highest BCUT2D eigenvalue weighted by atomic mass is 16.2. The van der Waals surface area contributed by atoms with Crippen molar-refractivity contribution in [1.82, 2.24) is 20.0 Å². The van der Waals surface area contributed by atoms with E-state index in [4.69, 9.17) is 5.84 Å². The van der Waals surface area contributed by atoms with E-state index in [9.17, 15) is 4.79 Å². The standard InChI is InChI=1S/C9H11N5O/c1-6(9(15)12-10)7-2-3-8-11-4-5-14(8)13-7/h2-6H,10H2,1H3,(H,12,15). The summed E-state index contributed by atoms with van der Waals surface area (Å²) in [6.07, 6.45) is 3.38. The van der Waals surface area contributed by atoms with Gasteiger partial charge in [0.05, 0.1) is 11.6 Å². The zero-order chi connectivity index (χ0) is 10.8. The predicted molar refractivity (Wildman–Crippen MR) is 53.7 cm³/mol. The first-order valence-electron chi connectivity index (χ1n) is 4.53. The minimum Gasteiger partial charge on any atom is -0.294 e. The molecular formula is C9H11N5O. The zero-order valence-electron chi connectivity index (χ0n) is 8.21. The fourth-order valence-corrected chi connectivity index (χ4v) is 1.32. The van der Waals surface area contributed by atoms with E-state index in [1.807, 2.05) is 6.07 Å². The van der Waals surface area contributed by atoms with Crippen molar-refractivity contribution in [3.8, 4) is 0 Å². The number of carbonyl (C=O) groups excluding carboxylic acids is 1. The first-order chi connectivity index (χ1) is 7.22. The lowest BCUT2D eigenvalue weighted by Gasteiger charge is -2.08. The molecule has 78 valence electrons. The van der Waals surface area contributed by atoms with Gasteiger partial charge in [0.15, 0.2) is 5.65 Å². The number of carbonyl (C=O) groups is 1. The van der Waals surface area contributed by atoms with E-state index in [0.717, 1.165) is 5.65 Å². The summed E-state index contributed by atoms with van der Waals surface area (Å²) in [5, 5.41) is 4.24. The molecule has 0 aliphatic rings. The molecule has 0 aliphatic heterocycles. The Morgan fingerprint density at radius 2 is 2.40 bits per heavy atom. The van der Waals surface area contributed by atoms with Gasteiger partial charge in [-0.05, 0) is 19.1 Å². The molecule has 2 aromatic heterocycles. The van der Waals surface area contributed by atoms with E-state index in [1.165, 1.54) is 0 Å². The van der Waals surface area contributed by atoms with E-state index in [2.05, 4.69) is 15.5 Å². The number of nitrogens with zero attached hydrogens (tertiary/aromatic N) is 3. The van der Waals surface area contributed by atoms with Crippen LogP contribution in [0.25, 0.3) is 5.65 Å². The maximum atomic E-state index is 11.3. The second-order valence-electron chi connectivity index (χ2n) is 3.22. The summed E-state index contributed by atoms with van der Waals surface area (Å²) < 4.78 is 1.62. The fraction of sp³-hybridized carbons (Fsp3) is 0.222. The van der Waals surface area contributed by atoms with Crippen LogP contribution in [0.15, 0.2) is 24.5 Å². The molecular weight excluding hydrogens is 194 g/mol. The summed E-state index contributed by atoms with van der Waals surface area (Å²) in [5.41, 5.74) is 3.51. The van der Waals surface area contributed by atoms with Crippen molar-refractivity contribution < 1.29 is 4.79 Å². The SMILES string of the molecule is CC(C(=O)NN)c1ccc2nccn2n1. The van der Waals surface area contributed by atoms with Crippen molar-refractivity contribution in [1.29, 1.82) is 0 Å². The summed E-state index contributed by atoms with van der Waals surface area (Å²) >= 11 is 0. The topological polar surface area (TPSA) is 85.3 Å². The number of nitrogens with one attached hydrogen (secondary N) is 1. The van der Waals surface area contributed by atoms with Crippen LogP contribution >= 0.6 is 0 Å². The number of aromatic nitrogens is 3. The molecule has 0 aromatic carbocycles. The third-order valence-electron chi connectivity index (χ3n) is 2.25. The lowest BCUT2D eigenvalue weighted by Crippen LogP contribution is -2.34. The van der Waals surface area contributed by atoms with Gasteiger partial charge < -0.3 is 0 Å². The molecule has 1 atom stereocenters. The maximum Gasteiger partial charge on any atom is 0.242 e. The van der Waals surface area contributed by atoms with Crippen LogP contribution in [0.4, 0.5) is 0 Å². The van der Waals surface area contributed by atoms with Gasteiger partial charge in [0.1, 0.15) is 0 Å². The lowest BCUT2D eigenvalue weighted by molar-refractivity contribution is -0.122. The quantitative estimate of drug-likeness (QED) is 0.404. The Kier molecular flexibility index (Phi) is 2.34. The zero-order valence-corrected chi connectivity index (χ0v) is 8.21. The van der Waals surface area contributed by atoms with Gasteiger partial charge in [-0.15, -0.1) is 0 Å².